The molecule has 0 aliphatic rings. The molecule has 1 rings (SSSR count). The molecule has 2 heteroatoms. The minimum Gasteiger partial charge on any atom is -0.493 e. The van der Waals surface area contributed by atoms with Crippen LogP contribution in [0.5, 0.6) is 5.75 Å². The van der Waals surface area contributed by atoms with Gasteiger partial charge in [-0.15, -0.1) is 18.2 Å². The van der Waals surface area contributed by atoms with Gasteiger partial charge in [-0.25, -0.2) is 0 Å². The largest absolute Gasteiger partial charge is 0.493 e. The summed E-state index contributed by atoms with van der Waals surface area (Å²) in [5.41, 5.74) is 1.20. The molecule has 16 heavy (non-hydrogen) atoms. The summed E-state index contributed by atoms with van der Waals surface area (Å²) in [4.78, 5) is 0. The van der Waals surface area contributed by atoms with Crippen LogP contribution in [0.4, 0.5) is 0 Å². The second-order valence-electron chi connectivity index (χ2n) is 3.70. The van der Waals surface area contributed by atoms with Crippen molar-refractivity contribution in [1.29, 1.82) is 0 Å². The number of hydrogen-bond donors (Lipinski definition) is 0. The van der Waals surface area contributed by atoms with E-state index < -0.39 is 0 Å². The van der Waals surface area contributed by atoms with E-state index in [1.807, 2.05) is 24.3 Å². The van der Waals surface area contributed by atoms with Crippen molar-refractivity contribution < 1.29 is 4.74 Å². The molecule has 0 unspecified atom stereocenters. The summed E-state index contributed by atoms with van der Waals surface area (Å²) in [5, 5.41) is 0. The Balaban J connectivity index is 2.37. The number of benzene rings is 1. The third-order valence-electron chi connectivity index (χ3n) is 2.37. The molecule has 0 aromatic heterocycles. The fraction of sp³-hybridized carbons (Fsp3) is 0.429. The lowest BCUT2D eigenvalue weighted by molar-refractivity contribution is 0.304. The molecule has 88 valence electrons. The zero-order valence-corrected chi connectivity index (χ0v) is 10.4. The second-order valence-corrected chi connectivity index (χ2v) is 4.08. The highest BCUT2D eigenvalue weighted by molar-refractivity contribution is 6.17. The Morgan fingerprint density at radius 2 is 2.00 bits per heavy atom. The number of ether oxygens (including phenoxy) is 1. The molecule has 0 heterocycles. The minimum atomic E-state index is 0.743. The third-order valence-corrected chi connectivity index (χ3v) is 2.64. The average Bonchev–Trinajstić information content (AvgIpc) is 2.31. The number of allylic oxidation sites excluding steroid dienone is 1. The Kier molecular flexibility index (Phi) is 6.75. The van der Waals surface area contributed by atoms with Crippen LogP contribution in [0, 0.1) is 0 Å². The standard InChI is InChI=1S/C14H19ClO/c1-2-8-13-9-4-5-10-14(13)16-12-7-3-6-11-15/h2,4-5,9-10H,1,3,6-8,11-12H2. The number of hydrogen-bond acceptors (Lipinski definition) is 1. The Morgan fingerprint density at radius 1 is 1.19 bits per heavy atom. The summed E-state index contributed by atoms with van der Waals surface area (Å²) in [7, 11) is 0. The van der Waals surface area contributed by atoms with Crippen molar-refractivity contribution in [3.63, 3.8) is 0 Å². The van der Waals surface area contributed by atoms with Gasteiger partial charge in [0.2, 0.25) is 0 Å². The van der Waals surface area contributed by atoms with Gasteiger partial charge < -0.3 is 4.74 Å². The van der Waals surface area contributed by atoms with E-state index in [0.717, 1.165) is 43.9 Å². The average molecular weight is 239 g/mol. The maximum Gasteiger partial charge on any atom is 0.122 e. The van der Waals surface area contributed by atoms with Crippen LogP contribution in [0.2, 0.25) is 0 Å². The maximum absolute atomic E-state index is 5.75. The molecule has 0 saturated carbocycles. The quantitative estimate of drug-likeness (QED) is 0.375. The summed E-state index contributed by atoms with van der Waals surface area (Å²) in [6.07, 6.45) is 6.02. The first-order valence-electron chi connectivity index (χ1n) is 5.76. The SMILES string of the molecule is C=CCc1ccccc1OCCCCCCl. The van der Waals surface area contributed by atoms with Gasteiger partial charge in [0.15, 0.2) is 0 Å². The smallest absolute Gasteiger partial charge is 0.122 e. The van der Waals surface area contributed by atoms with Crippen molar-refractivity contribution in [3.05, 3.63) is 42.5 Å². The molecule has 0 saturated heterocycles. The van der Waals surface area contributed by atoms with Crippen LogP contribution >= 0.6 is 11.6 Å². The number of alkyl halides is 1. The van der Waals surface area contributed by atoms with Crippen LogP contribution in [0.3, 0.4) is 0 Å². The van der Waals surface area contributed by atoms with Crippen LogP contribution in [0.25, 0.3) is 0 Å². The van der Waals surface area contributed by atoms with E-state index in [9.17, 15) is 0 Å². The van der Waals surface area contributed by atoms with E-state index >= 15 is 0 Å². The first-order chi connectivity index (χ1) is 7.88. The fourth-order valence-corrected chi connectivity index (χ4v) is 1.71. The lowest BCUT2D eigenvalue weighted by Crippen LogP contribution is -2.00. The van der Waals surface area contributed by atoms with E-state index in [4.69, 9.17) is 16.3 Å². The molecule has 0 fully saturated rings. The summed E-state index contributed by atoms with van der Waals surface area (Å²) in [6.45, 7) is 4.52. The maximum atomic E-state index is 5.75. The molecule has 0 atom stereocenters. The zero-order valence-electron chi connectivity index (χ0n) is 9.62. The highest BCUT2D eigenvalue weighted by Gasteiger charge is 2.00. The van der Waals surface area contributed by atoms with Gasteiger partial charge in [0.05, 0.1) is 6.61 Å². The third kappa shape index (κ3) is 4.71. The van der Waals surface area contributed by atoms with Gasteiger partial charge in [0.1, 0.15) is 5.75 Å². The summed E-state index contributed by atoms with van der Waals surface area (Å²) < 4.78 is 5.75. The Labute approximate surface area is 103 Å². The number of rotatable bonds is 8. The zero-order chi connectivity index (χ0) is 11.6. The molecule has 0 aliphatic heterocycles. The van der Waals surface area contributed by atoms with Crippen molar-refractivity contribution in [1.82, 2.24) is 0 Å². The molecule has 0 spiro atoms. The van der Waals surface area contributed by atoms with Crippen molar-refractivity contribution in [2.45, 2.75) is 25.7 Å². The van der Waals surface area contributed by atoms with E-state index in [0.29, 0.717) is 0 Å². The molecule has 0 amide bonds. The summed E-state index contributed by atoms with van der Waals surface area (Å²) >= 11 is 5.61. The number of unbranched alkanes of at least 4 members (excludes halogenated alkanes) is 2. The molecule has 0 radical (unpaired) electrons. The summed E-state index contributed by atoms with van der Waals surface area (Å²) in [6, 6.07) is 8.12. The molecular formula is C14H19ClO. The first kappa shape index (κ1) is 13.1. The molecular weight excluding hydrogens is 220 g/mol. The Bertz CT molecular complexity index is 309. The monoisotopic (exact) mass is 238 g/mol. The van der Waals surface area contributed by atoms with Crippen LogP contribution < -0.4 is 4.74 Å². The number of para-hydroxylation sites is 1. The highest BCUT2D eigenvalue weighted by atomic mass is 35.5. The highest BCUT2D eigenvalue weighted by Crippen LogP contribution is 2.19. The summed E-state index contributed by atoms with van der Waals surface area (Å²) in [5.74, 6) is 1.72. The molecule has 1 nitrogen and oxygen atoms in total. The van der Waals surface area contributed by atoms with Gasteiger partial charge in [-0.2, -0.15) is 0 Å². The van der Waals surface area contributed by atoms with E-state index in [1.165, 1.54) is 5.56 Å². The fourth-order valence-electron chi connectivity index (χ4n) is 1.52. The van der Waals surface area contributed by atoms with Crippen molar-refractivity contribution in [3.8, 4) is 5.75 Å². The molecule has 0 N–H and O–H groups in total. The number of halogens is 1. The Morgan fingerprint density at radius 3 is 2.75 bits per heavy atom. The van der Waals surface area contributed by atoms with Crippen LogP contribution in [-0.2, 0) is 6.42 Å². The first-order valence-corrected chi connectivity index (χ1v) is 6.29. The molecule has 1 aromatic carbocycles. The van der Waals surface area contributed by atoms with Gasteiger partial charge in [-0.05, 0) is 37.3 Å². The van der Waals surface area contributed by atoms with Crippen molar-refractivity contribution in [2.24, 2.45) is 0 Å². The van der Waals surface area contributed by atoms with Crippen LogP contribution in [0.1, 0.15) is 24.8 Å². The van der Waals surface area contributed by atoms with Crippen LogP contribution in [-0.4, -0.2) is 12.5 Å². The van der Waals surface area contributed by atoms with Gasteiger partial charge in [-0.1, -0.05) is 24.3 Å². The van der Waals surface area contributed by atoms with Crippen molar-refractivity contribution >= 4 is 11.6 Å². The normalized spacial score (nSPS) is 10.1. The lowest BCUT2D eigenvalue weighted by Gasteiger charge is -2.09. The van der Waals surface area contributed by atoms with E-state index in [2.05, 4.69) is 12.6 Å². The molecule has 1 aromatic rings. The van der Waals surface area contributed by atoms with Crippen molar-refractivity contribution in [2.75, 3.05) is 12.5 Å². The predicted molar refractivity (Wildman–Crippen MR) is 70.4 cm³/mol. The van der Waals surface area contributed by atoms with E-state index in [-0.39, 0.29) is 0 Å². The topological polar surface area (TPSA) is 9.23 Å². The van der Waals surface area contributed by atoms with Crippen LogP contribution in [0.15, 0.2) is 36.9 Å². The van der Waals surface area contributed by atoms with E-state index in [1.54, 1.807) is 0 Å². The van der Waals surface area contributed by atoms with Gasteiger partial charge >= 0.3 is 0 Å². The lowest BCUT2D eigenvalue weighted by atomic mass is 10.1. The molecule has 0 bridgehead atoms. The molecule has 0 aliphatic carbocycles. The van der Waals surface area contributed by atoms with Gasteiger partial charge in [-0.3, -0.25) is 0 Å². The Hall–Kier alpha value is -0.950. The minimum absolute atomic E-state index is 0.743. The predicted octanol–water partition coefficient (Wildman–Crippen LogP) is 4.20. The van der Waals surface area contributed by atoms with Gasteiger partial charge in [0.25, 0.3) is 0 Å². The second kappa shape index (κ2) is 8.23. The van der Waals surface area contributed by atoms with Gasteiger partial charge in [0, 0.05) is 5.88 Å².